The third kappa shape index (κ3) is 7.41. The molecule has 112 valence electrons. The Balaban J connectivity index is 2.01. The first kappa shape index (κ1) is 16.3. The smallest absolute Gasteiger partial charge is 0.191 e. The number of hydrogen-bond donors (Lipinski definition) is 2. The fourth-order valence-electron chi connectivity index (χ4n) is 2.18. The summed E-state index contributed by atoms with van der Waals surface area (Å²) in [5.41, 5.74) is 0. The first-order valence-corrected chi connectivity index (χ1v) is 7.72. The Kier molecular flexibility index (Phi) is 7.87. The van der Waals surface area contributed by atoms with E-state index in [-0.39, 0.29) is 0 Å². The highest BCUT2D eigenvalue weighted by Crippen LogP contribution is 2.34. The van der Waals surface area contributed by atoms with Crippen LogP contribution in [0.4, 0.5) is 0 Å². The molecule has 0 spiro atoms. The predicted molar refractivity (Wildman–Crippen MR) is 81.6 cm³/mol. The number of rotatable bonds is 9. The molecular formula is C15H31N3O. The molecule has 0 saturated heterocycles. The molecule has 4 heteroatoms. The second kappa shape index (κ2) is 9.18. The molecule has 1 saturated carbocycles. The maximum absolute atomic E-state index is 5.55. The number of aliphatic imine (C=N–C) groups is 1. The quantitative estimate of drug-likeness (QED) is 0.384. The van der Waals surface area contributed by atoms with Crippen molar-refractivity contribution in [1.29, 1.82) is 0 Å². The minimum absolute atomic E-state index is 0.618. The van der Waals surface area contributed by atoms with E-state index in [4.69, 9.17) is 4.74 Å². The van der Waals surface area contributed by atoms with Gasteiger partial charge < -0.3 is 15.4 Å². The highest BCUT2D eigenvalue weighted by Gasteiger charge is 2.36. The molecule has 0 aromatic rings. The van der Waals surface area contributed by atoms with Gasteiger partial charge in [-0.1, -0.05) is 27.2 Å². The zero-order valence-corrected chi connectivity index (χ0v) is 13.0. The van der Waals surface area contributed by atoms with E-state index < -0.39 is 0 Å². The number of nitrogens with zero attached hydrogens (tertiary/aromatic N) is 1. The van der Waals surface area contributed by atoms with Crippen LogP contribution in [0, 0.1) is 11.8 Å². The lowest BCUT2D eigenvalue weighted by Crippen LogP contribution is -2.39. The lowest BCUT2D eigenvalue weighted by Gasteiger charge is -2.12. The van der Waals surface area contributed by atoms with Crippen molar-refractivity contribution in [1.82, 2.24) is 10.6 Å². The Morgan fingerprint density at radius 2 is 2.21 bits per heavy atom. The second-order valence-electron chi connectivity index (χ2n) is 5.86. The molecule has 0 aromatic carbocycles. The van der Waals surface area contributed by atoms with E-state index in [0.29, 0.717) is 12.0 Å². The van der Waals surface area contributed by atoms with Crippen molar-refractivity contribution < 1.29 is 4.74 Å². The molecule has 1 aliphatic rings. The fraction of sp³-hybridized carbons (Fsp3) is 0.933. The SMILES string of the molecule is CCCC1CC1NC(=NC)NCCCOCC(C)C. The summed E-state index contributed by atoms with van der Waals surface area (Å²) in [5, 5.41) is 6.83. The molecular weight excluding hydrogens is 238 g/mol. The van der Waals surface area contributed by atoms with Crippen LogP contribution in [0.15, 0.2) is 4.99 Å². The Bertz CT molecular complexity index is 266. The topological polar surface area (TPSA) is 45.7 Å². The van der Waals surface area contributed by atoms with Crippen molar-refractivity contribution >= 4 is 5.96 Å². The van der Waals surface area contributed by atoms with E-state index in [9.17, 15) is 0 Å². The summed E-state index contributed by atoms with van der Waals surface area (Å²) < 4.78 is 5.55. The summed E-state index contributed by atoms with van der Waals surface area (Å²) >= 11 is 0. The maximum atomic E-state index is 5.55. The molecule has 2 unspecified atom stereocenters. The molecule has 0 aromatic heterocycles. The Hall–Kier alpha value is -0.770. The van der Waals surface area contributed by atoms with Gasteiger partial charge in [0, 0.05) is 32.8 Å². The largest absolute Gasteiger partial charge is 0.381 e. The van der Waals surface area contributed by atoms with Crippen LogP contribution in [-0.4, -0.2) is 38.8 Å². The number of ether oxygens (including phenoxy) is 1. The van der Waals surface area contributed by atoms with Gasteiger partial charge in [-0.3, -0.25) is 4.99 Å². The van der Waals surface area contributed by atoms with Gasteiger partial charge in [0.05, 0.1) is 0 Å². The normalized spacial score (nSPS) is 22.7. The Morgan fingerprint density at radius 1 is 1.42 bits per heavy atom. The van der Waals surface area contributed by atoms with Gasteiger partial charge in [-0.25, -0.2) is 0 Å². The Labute approximate surface area is 118 Å². The predicted octanol–water partition coefficient (Wildman–Crippen LogP) is 2.40. The minimum atomic E-state index is 0.618. The van der Waals surface area contributed by atoms with Gasteiger partial charge in [0.25, 0.3) is 0 Å². The maximum Gasteiger partial charge on any atom is 0.191 e. The van der Waals surface area contributed by atoms with E-state index >= 15 is 0 Å². The van der Waals surface area contributed by atoms with Crippen molar-refractivity contribution in [2.24, 2.45) is 16.8 Å². The van der Waals surface area contributed by atoms with Crippen LogP contribution in [0.25, 0.3) is 0 Å². The lowest BCUT2D eigenvalue weighted by molar-refractivity contribution is 0.108. The molecule has 2 N–H and O–H groups in total. The summed E-state index contributed by atoms with van der Waals surface area (Å²) in [5.74, 6) is 2.41. The number of nitrogens with one attached hydrogen (secondary N) is 2. The van der Waals surface area contributed by atoms with Gasteiger partial charge in [-0.15, -0.1) is 0 Å². The molecule has 2 atom stereocenters. The average molecular weight is 269 g/mol. The first-order valence-electron chi connectivity index (χ1n) is 7.72. The van der Waals surface area contributed by atoms with E-state index in [1.54, 1.807) is 0 Å². The van der Waals surface area contributed by atoms with Gasteiger partial charge in [0.15, 0.2) is 5.96 Å². The molecule has 0 radical (unpaired) electrons. The van der Waals surface area contributed by atoms with Crippen molar-refractivity contribution in [3.63, 3.8) is 0 Å². The fourth-order valence-corrected chi connectivity index (χ4v) is 2.18. The van der Waals surface area contributed by atoms with Gasteiger partial charge in [-0.2, -0.15) is 0 Å². The number of hydrogen-bond acceptors (Lipinski definition) is 2. The molecule has 19 heavy (non-hydrogen) atoms. The molecule has 4 nitrogen and oxygen atoms in total. The van der Waals surface area contributed by atoms with Crippen LogP contribution in [0.5, 0.6) is 0 Å². The third-order valence-electron chi connectivity index (χ3n) is 3.34. The van der Waals surface area contributed by atoms with Gasteiger partial charge in [-0.05, 0) is 31.1 Å². The van der Waals surface area contributed by atoms with Crippen LogP contribution in [0.1, 0.15) is 46.5 Å². The van der Waals surface area contributed by atoms with Crippen LogP contribution in [0.3, 0.4) is 0 Å². The minimum Gasteiger partial charge on any atom is -0.381 e. The van der Waals surface area contributed by atoms with Crippen molar-refractivity contribution in [2.75, 3.05) is 26.8 Å². The molecule has 0 heterocycles. The molecule has 1 rings (SSSR count). The van der Waals surface area contributed by atoms with Crippen molar-refractivity contribution in [3.8, 4) is 0 Å². The van der Waals surface area contributed by atoms with Crippen LogP contribution < -0.4 is 10.6 Å². The highest BCUT2D eigenvalue weighted by molar-refractivity contribution is 5.80. The molecule has 0 aliphatic heterocycles. The molecule has 0 amide bonds. The van der Waals surface area contributed by atoms with Gasteiger partial charge in [0.2, 0.25) is 0 Å². The van der Waals surface area contributed by atoms with E-state index in [1.807, 2.05) is 7.05 Å². The summed E-state index contributed by atoms with van der Waals surface area (Å²) in [6.07, 6.45) is 4.93. The van der Waals surface area contributed by atoms with Gasteiger partial charge >= 0.3 is 0 Å². The molecule has 1 fully saturated rings. The Morgan fingerprint density at radius 3 is 2.84 bits per heavy atom. The zero-order valence-electron chi connectivity index (χ0n) is 13.0. The summed E-state index contributed by atoms with van der Waals surface area (Å²) in [4.78, 5) is 4.26. The highest BCUT2D eigenvalue weighted by atomic mass is 16.5. The average Bonchev–Trinajstić information content (AvgIpc) is 3.10. The van der Waals surface area contributed by atoms with Crippen molar-refractivity contribution in [3.05, 3.63) is 0 Å². The van der Waals surface area contributed by atoms with Crippen LogP contribution >= 0.6 is 0 Å². The first-order chi connectivity index (χ1) is 9.17. The summed E-state index contributed by atoms with van der Waals surface area (Å²) in [6.45, 7) is 9.19. The van der Waals surface area contributed by atoms with E-state index in [2.05, 4.69) is 36.4 Å². The molecule has 0 bridgehead atoms. The van der Waals surface area contributed by atoms with Crippen LogP contribution in [-0.2, 0) is 4.74 Å². The number of guanidine groups is 1. The monoisotopic (exact) mass is 269 g/mol. The standard InChI is InChI=1S/C15H31N3O/c1-5-7-13-10-14(13)18-15(16-4)17-8-6-9-19-11-12(2)3/h12-14H,5-11H2,1-4H3,(H2,16,17,18). The molecule has 1 aliphatic carbocycles. The van der Waals surface area contributed by atoms with E-state index in [0.717, 1.165) is 38.1 Å². The second-order valence-corrected chi connectivity index (χ2v) is 5.86. The zero-order chi connectivity index (χ0) is 14.1. The van der Waals surface area contributed by atoms with Crippen LogP contribution in [0.2, 0.25) is 0 Å². The third-order valence-corrected chi connectivity index (χ3v) is 3.34. The lowest BCUT2D eigenvalue weighted by atomic mass is 10.2. The summed E-state index contributed by atoms with van der Waals surface area (Å²) in [7, 11) is 1.84. The van der Waals surface area contributed by atoms with E-state index in [1.165, 1.54) is 19.3 Å². The van der Waals surface area contributed by atoms with Crippen molar-refractivity contribution in [2.45, 2.75) is 52.5 Å². The summed E-state index contributed by atoms with van der Waals surface area (Å²) in [6, 6.07) is 0.642. The van der Waals surface area contributed by atoms with Gasteiger partial charge in [0.1, 0.15) is 0 Å².